The van der Waals surface area contributed by atoms with Crippen molar-refractivity contribution in [2.75, 3.05) is 43.1 Å². The van der Waals surface area contributed by atoms with E-state index in [1.165, 1.54) is 33.5 Å². The fraction of sp³-hybridized carbons (Fsp3) is 0.292. The summed E-state index contributed by atoms with van der Waals surface area (Å²) in [6.45, 7) is 5.47. The topological polar surface area (TPSA) is 67.9 Å². The average molecular weight is 449 g/mol. The van der Waals surface area contributed by atoms with E-state index in [0.29, 0.717) is 17.0 Å². The van der Waals surface area contributed by atoms with Gasteiger partial charge in [-0.25, -0.2) is 23.3 Å². The number of nitrogens with zero attached hydrogens (tertiary/aromatic N) is 6. The molecule has 5 rings (SSSR count). The molecule has 1 fully saturated rings. The molecule has 2 aromatic heterocycles. The van der Waals surface area contributed by atoms with Crippen molar-refractivity contribution in [3.05, 3.63) is 82.3 Å². The normalized spacial score (nSPS) is 14.2. The minimum Gasteiger partial charge on any atom is -0.494 e. The predicted octanol–water partition coefficient (Wildman–Crippen LogP) is 2.72. The van der Waals surface area contributed by atoms with E-state index in [2.05, 4.69) is 51.1 Å². The van der Waals surface area contributed by atoms with Gasteiger partial charge >= 0.3 is 5.69 Å². The van der Waals surface area contributed by atoms with Crippen molar-refractivity contribution in [1.29, 1.82) is 0 Å². The second-order valence-corrected chi connectivity index (χ2v) is 8.16. The Labute approximate surface area is 190 Å². The van der Waals surface area contributed by atoms with E-state index in [0.717, 1.165) is 26.2 Å². The summed E-state index contributed by atoms with van der Waals surface area (Å²) in [5.74, 6) is 0.371. The van der Waals surface area contributed by atoms with E-state index in [-0.39, 0.29) is 18.0 Å². The van der Waals surface area contributed by atoms with Gasteiger partial charge in [-0.05, 0) is 36.8 Å². The summed E-state index contributed by atoms with van der Waals surface area (Å²) < 4.78 is 21.9. The number of hydrogen-bond acceptors (Lipinski definition) is 6. The molecule has 4 aromatic rings. The molecule has 0 N–H and O–H groups in total. The molecule has 33 heavy (non-hydrogen) atoms. The molecule has 0 amide bonds. The van der Waals surface area contributed by atoms with Crippen LogP contribution in [0.4, 0.5) is 15.9 Å². The molecule has 0 radical (unpaired) electrons. The largest absolute Gasteiger partial charge is 0.494 e. The second kappa shape index (κ2) is 8.57. The number of aromatic nitrogens is 4. The Morgan fingerprint density at radius 1 is 1.03 bits per heavy atom. The summed E-state index contributed by atoms with van der Waals surface area (Å²) in [4.78, 5) is 22.0. The number of benzene rings is 2. The number of piperazine rings is 1. The minimum atomic E-state index is -0.472. The molecule has 0 spiro atoms. The Morgan fingerprint density at radius 2 is 1.76 bits per heavy atom. The van der Waals surface area contributed by atoms with Crippen LogP contribution in [0, 0.1) is 12.7 Å². The standard InChI is InChI=1S/C24H25FN6O2/c1-17-3-6-19(7-4-17)28-11-13-29(14-12-28)22-23-27-31(24(32)30(23)10-9-26-22)16-18-5-8-21(33-2)20(25)15-18/h3-10,15H,11-14,16H2,1-2H3. The summed E-state index contributed by atoms with van der Waals surface area (Å²) in [5, 5.41) is 4.54. The number of anilines is 2. The van der Waals surface area contributed by atoms with E-state index in [9.17, 15) is 9.18 Å². The molecule has 3 heterocycles. The molecule has 9 heteroatoms. The molecule has 0 aliphatic carbocycles. The zero-order valence-corrected chi connectivity index (χ0v) is 18.6. The summed E-state index contributed by atoms with van der Waals surface area (Å²) in [5.41, 5.74) is 3.29. The molecule has 0 bridgehead atoms. The van der Waals surface area contributed by atoms with Crippen LogP contribution in [0.3, 0.4) is 0 Å². The number of methoxy groups -OCH3 is 1. The number of rotatable bonds is 5. The SMILES string of the molecule is COc1ccc(Cn2nc3c(N4CCN(c5ccc(C)cc5)CC4)nccn3c2=O)cc1F. The number of halogens is 1. The third-order valence-electron chi connectivity index (χ3n) is 6.01. The Hall–Kier alpha value is -3.88. The van der Waals surface area contributed by atoms with Crippen molar-refractivity contribution in [2.24, 2.45) is 0 Å². The molecular weight excluding hydrogens is 423 g/mol. The minimum absolute atomic E-state index is 0.155. The highest BCUT2D eigenvalue weighted by Crippen LogP contribution is 2.22. The van der Waals surface area contributed by atoms with Crippen LogP contribution < -0.4 is 20.2 Å². The first-order valence-electron chi connectivity index (χ1n) is 10.9. The quantitative estimate of drug-likeness (QED) is 0.468. The molecule has 1 saturated heterocycles. The third kappa shape index (κ3) is 4.02. The van der Waals surface area contributed by atoms with Crippen LogP contribution in [0.2, 0.25) is 0 Å². The third-order valence-corrected chi connectivity index (χ3v) is 6.01. The molecule has 8 nitrogen and oxygen atoms in total. The lowest BCUT2D eigenvalue weighted by Gasteiger charge is -2.36. The Balaban J connectivity index is 1.38. The summed E-state index contributed by atoms with van der Waals surface area (Å²) in [6, 6.07) is 13.2. The van der Waals surface area contributed by atoms with Gasteiger partial charge in [0.05, 0.1) is 13.7 Å². The summed E-state index contributed by atoms with van der Waals surface area (Å²) in [6.07, 6.45) is 3.23. The van der Waals surface area contributed by atoms with Crippen LogP contribution in [0.15, 0.2) is 59.7 Å². The van der Waals surface area contributed by atoms with E-state index < -0.39 is 5.82 Å². The first-order chi connectivity index (χ1) is 16.0. The Bertz CT molecular complexity index is 1340. The lowest BCUT2D eigenvalue weighted by Crippen LogP contribution is -2.47. The molecule has 0 unspecified atom stereocenters. The van der Waals surface area contributed by atoms with Crippen molar-refractivity contribution in [2.45, 2.75) is 13.5 Å². The van der Waals surface area contributed by atoms with Crippen molar-refractivity contribution in [1.82, 2.24) is 19.2 Å². The second-order valence-electron chi connectivity index (χ2n) is 8.16. The fourth-order valence-electron chi connectivity index (χ4n) is 4.17. The molecule has 2 aromatic carbocycles. The lowest BCUT2D eigenvalue weighted by molar-refractivity contribution is 0.386. The van der Waals surface area contributed by atoms with E-state index >= 15 is 0 Å². The van der Waals surface area contributed by atoms with Gasteiger partial charge in [0.25, 0.3) is 0 Å². The molecule has 1 aliphatic rings. The first kappa shape index (κ1) is 21.0. The van der Waals surface area contributed by atoms with Gasteiger partial charge in [0.15, 0.2) is 17.4 Å². The number of fused-ring (bicyclic) bond motifs is 1. The number of ether oxygens (including phenoxy) is 1. The van der Waals surface area contributed by atoms with Crippen LogP contribution >= 0.6 is 0 Å². The van der Waals surface area contributed by atoms with Crippen LogP contribution in [0.5, 0.6) is 5.75 Å². The zero-order valence-electron chi connectivity index (χ0n) is 18.6. The van der Waals surface area contributed by atoms with Gasteiger partial charge in [-0.3, -0.25) is 0 Å². The fourth-order valence-corrected chi connectivity index (χ4v) is 4.17. The van der Waals surface area contributed by atoms with Gasteiger partial charge in [0.1, 0.15) is 0 Å². The van der Waals surface area contributed by atoms with Gasteiger partial charge in [0.2, 0.25) is 5.65 Å². The Morgan fingerprint density at radius 3 is 2.45 bits per heavy atom. The summed E-state index contributed by atoms with van der Waals surface area (Å²) >= 11 is 0. The maximum Gasteiger partial charge on any atom is 0.350 e. The summed E-state index contributed by atoms with van der Waals surface area (Å²) in [7, 11) is 1.42. The highest BCUT2D eigenvalue weighted by Gasteiger charge is 2.22. The van der Waals surface area contributed by atoms with Crippen molar-refractivity contribution < 1.29 is 9.13 Å². The van der Waals surface area contributed by atoms with Gasteiger partial charge < -0.3 is 14.5 Å². The Kier molecular flexibility index (Phi) is 5.45. The molecule has 0 atom stereocenters. The van der Waals surface area contributed by atoms with Crippen LogP contribution in [0.25, 0.3) is 5.65 Å². The monoisotopic (exact) mass is 448 g/mol. The van der Waals surface area contributed by atoms with Crippen LogP contribution in [-0.4, -0.2) is 52.5 Å². The van der Waals surface area contributed by atoms with Crippen molar-refractivity contribution in [3.8, 4) is 5.75 Å². The van der Waals surface area contributed by atoms with Gasteiger partial charge in [-0.1, -0.05) is 23.8 Å². The number of aryl methyl sites for hydroxylation is 1. The van der Waals surface area contributed by atoms with Gasteiger partial charge in [-0.2, -0.15) is 0 Å². The smallest absolute Gasteiger partial charge is 0.350 e. The average Bonchev–Trinajstić information content (AvgIpc) is 3.15. The zero-order chi connectivity index (χ0) is 22.9. The highest BCUT2D eigenvalue weighted by atomic mass is 19.1. The van der Waals surface area contributed by atoms with E-state index in [4.69, 9.17) is 4.74 Å². The first-order valence-corrected chi connectivity index (χ1v) is 10.9. The van der Waals surface area contributed by atoms with Crippen molar-refractivity contribution >= 4 is 17.2 Å². The molecule has 1 aliphatic heterocycles. The van der Waals surface area contributed by atoms with Crippen LogP contribution in [0.1, 0.15) is 11.1 Å². The predicted molar refractivity (Wildman–Crippen MR) is 125 cm³/mol. The maximum absolute atomic E-state index is 14.1. The maximum atomic E-state index is 14.1. The highest BCUT2D eigenvalue weighted by molar-refractivity contribution is 5.64. The van der Waals surface area contributed by atoms with Gasteiger partial charge in [-0.15, -0.1) is 5.10 Å². The number of hydrogen-bond donors (Lipinski definition) is 0. The van der Waals surface area contributed by atoms with E-state index in [1.807, 2.05) is 0 Å². The molecule has 170 valence electrons. The molecule has 0 saturated carbocycles. The lowest BCUT2D eigenvalue weighted by atomic mass is 10.2. The van der Waals surface area contributed by atoms with Gasteiger partial charge in [0, 0.05) is 44.3 Å². The molecular formula is C24H25FN6O2. The van der Waals surface area contributed by atoms with E-state index in [1.54, 1.807) is 24.5 Å². The van der Waals surface area contributed by atoms with Crippen LogP contribution in [-0.2, 0) is 6.54 Å². The van der Waals surface area contributed by atoms with Crippen molar-refractivity contribution in [3.63, 3.8) is 0 Å².